The van der Waals surface area contributed by atoms with E-state index in [1.165, 1.54) is 0 Å². The van der Waals surface area contributed by atoms with Gasteiger partial charge in [0.15, 0.2) is 5.69 Å². The van der Waals surface area contributed by atoms with Crippen molar-refractivity contribution >= 4 is 37.8 Å². The van der Waals surface area contributed by atoms with Gasteiger partial charge in [-0.25, -0.2) is 4.79 Å². The minimum Gasteiger partial charge on any atom is -0.496 e. The Balaban J connectivity index is 2.27. The lowest BCUT2D eigenvalue weighted by Gasteiger charge is -2.08. The van der Waals surface area contributed by atoms with E-state index in [1.54, 1.807) is 19.2 Å². The van der Waals surface area contributed by atoms with E-state index < -0.39 is 5.97 Å². The first-order valence-electron chi connectivity index (χ1n) is 4.91. The van der Waals surface area contributed by atoms with Crippen LogP contribution in [0, 0.1) is 0 Å². The van der Waals surface area contributed by atoms with Crippen molar-refractivity contribution in [3.8, 4) is 17.6 Å². The summed E-state index contributed by atoms with van der Waals surface area (Å²) in [5.74, 6) is -0.155. The lowest BCUT2D eigenvalue weighted by molar-refractivity contribution is 0.0690. The Morgan fingerprint density at radius 1 is 1.32 bits per heavy atom. The standard InChI is InChI=1S/C11H7Br2NO5/c1-17-8-2-6(13)9(3-5(8)12)19-11-14-7(4-18-11)10(15)16/h2-4H,1H3,(H,15,16). The van der Waals surface area contributed by atoms with Gasteiger partial charge in [0.2, 0.25) is 0 Å². The highest BCUT2D eigenvalue weighted by Crippen LogP contribution is 2.37. The number of halogens is 2. The maximum Gasteiger partial charge on any atom is 0.399 e. The first kappa shape index (κ1) is 13.9. The molecule has 2 aromatic rings. The summed E-state index contributed by atoms with van der Waals surface area (Å²) in [6.45, 7) is 0. The number of oxazole rings is 1. The van der Waals surface area contributed by atoms with Crippen molar-refractivity contribution in [3.05, 3.63) is 33.0 Å². The van der Waals surface area contributed by atoms with Crippen molar-refractivity contribution in [2.45, 2.75) is 0 Å². The molecule has 0 aliphatic rings. The van der Waals surface area contributed by atoms with Crippen molar-refractivity contribution in [3.63, 3.8) is 0 Å². The largest absolute Gasteiger partial charge is 0.496 e. The van der Waals surface area contributed by atoms with Crippen LogP contribution in [0.1, 0.15) is 10.5 Å². The van der Waals surface area contributed by atoms with E-state index in [0.29, 0.717) is 20.4 Å². The number of nitrogens with zero attached hydrogens (tertiary/aromatic N) is 1. The Kier molecular flexibility index (Phi) is 4.11. The number of rotatable bonds is 4. The zero-order valence-electron chi connectivity index (χ0n) is 9.52. The molecule has 0 saturated heterocycles. The first-order chi connectivity index (χ1) is 9.01. The van der Waals surface area contributed by atoms with E-state index in [-0.39, 0.29) is 11.8 Å². The van der Waals surface area contributed by atoms with E-state index in [4.69, 9.17) is 19.0 Å². The molecule has 0 unspecified atom stereocenters. The summed E-state index contributed by atoms with van der Waals surface area (Å²) in [6, 6.07) is 3.34. The molecule has 8 heteroatoms. The summed E-state index contributed by atoms with van der Waals surface area (Å²) in [4.78, 5) is 14.3. The van der Waals surface area contributed by atoms with Gasteiger partial charge in [-0.1, -0.05) is 0 Å². The third kappa shape index (κ3) is 3.07. The molecule has 1 aromatic heterocycles. The van der Waals surface area contributed by atoms with Gasteiger partial charge in [0.05, 0.1) is 16.1 Å². The minimum atomic E-state index is -1.19. The van der Waals surface area contributed by atoms with Crippen molar-refractivity contribution in [1.29, 1.82) is 0 Å². The molecule has 1 aromatic carbocycles. The Labute approximate surface area is 124 Å². The Morgan fingerprint density at radius 2 is 1.95 bits per heavy atom. The molecule has 0 saturated carbocycles. The smallest absolute Gasteiger partial charge is 0.399 e. The predicted octanol–water partition coefficient (Wildman–Crippen LogP) is 3.70. The maximum atomic E-state index is 10.7. The molecule has 0 fully saturated rings. The predicted molar refractivity (Wildman–Crippen MR) is 71.9 cm³/mol. The Bertz CT molecular complexity index is 626. The normalized spacial score (nSPS) is 10.3. The highest BCUT2D eigenvalue weighted by molar-refractivity contribution is 9.11. The molecule has 0 bridgehead atoms. The second-order valence-electron chi connectivity index (χ2n) is 3.32. The number of aromatic carboxylic acids is 1. The van der Waals surface area contributed by atoms with Gasteiger partial charge in [0, 0.05) is 6.07 Å². The van der Waals surface area contributed by atoms with E-state index in [2.05, 4.69) is 36.8 Å². The molecule has 6 nitrogen and oxygen atoms in total. The summed E-state index contributed by atoms with van der Waals surface area (Å²) < 4.78 is 16.7. The topological polar surface area (TPSA) is 81.8 Å². The number of ether oxygens (including phenoxy) is 2. The van der Waals surface area contributed by atoms with Crippen molar-refractivity contribution < 1.29 is 23.8 Å². The molecule has 2 rings (SSSR count). The number of carboxylic acids is 1. The van der Waals surface area contributed by atoms with E-state index in [9.17, 15) is 4.79 Å². The van der Waals surface area contributed by atoms with E-state index >= 15 is 0 Å². The molecular formula is C11H7Br2NO5. The number of hydrogen-bond donors (Lipinski definition) is 1. The van der Waals surface area contributed by atoms with Gasteiger partial charge in [0.25, 0.3) is 0 Å². The van der Waals surface area contributed by atoms with Crippen LogP contribution in [-0.2, 0) is 0 Å². The fourth-order valence-corrected chi connectivity index (χ4v) is 2.13. The van der Waals surface area contributed by atoms with Crippen LogP contribution in [0.4, 0.5) is 0 Å². The summed E-state index contributed by atoms with van der Waals surface area (Å²) in [5, 5.41) is 8.72. The number of methoxy groups -OCH3 is 1. The molecule has 0 aliphatic heterocycles. The van der Waals surface area contributed by atoms with Gasteiger partial charge in [-0.3, -0.25) is 0 Å². The summed E-state index contributed by atoms with van der Waals surface area (Å²) in [6.07, 6.45) is 0.847. The zero-order chi connectivity index (χ0) is 14.0. The third-order valence-corrected chi connectivity index (χ3v) is 3.35. The van der Waals surface area contributed by atoms with Crippen LogP contribution in [0.5, 0.6) is 17.6 Å². The van der Waals surface area contributed by atoms with E-state index in [1.807, 2.05) is 0 Å². The van der Waals surface area contributed by atoms with Gasteiger partial charge in [-0.05, 0) is 37.9 Å². The molecule has 1 N–H and O–H groups in total. The average molecular weight is 393 g/mol. The van der Waals surface area contributed by atoms with Crippen LogP contribution in [0.2, 0.25) is 0 Å². The number of carboxylic acid groups (broad SMARTS) is 1. The number of aromatic nitrogens is 1. The minimum absolute atomic E-state index is 0.157. The van der Waals surface area contributed by atoms with Crippen LogP contribution in [-0.4, -0.2) is 23.2 Å². The number of benzene rings is 1. The fourth-order valence-electron chi connectivity index (χ4n) is 1.24. The first-order valence-corrected chi connectivity index (χ1v) is 6.49. The lowest BCUT2D eigenvalue weighted by Crippen LogP contribution is -1.96. The molecule has 0 radical (unpaired) electrons. The van der Waals surface area contributed by atoms with Crippen molar-refractivity contribution in [2.24, 2.45) is 0 Å². The maximum absolute atomic E-state index is 10.7. The van der Waals surface area contributed by atoms with Crippen LogP contribution in [0.25, 0.3) is 0 Å². The summed E-state index contributed by atoms with van der Waals surface area (Å²) in [5.41, 5.74) is -0.223. The summed E-state index contributed by atoms with van der Waals surface area (Å²) >= 11 is 6.62. The Morgan fingerprint density at radius 3 is 2.53 bits per heavy atom. The van der Waals surface area contributed by atoms with Crippen LogP contribution < -0.4 is 9.47 Å². The molecule has 0 spiro atoms. The van der Waals surface area contributed by atoms with Crippen molar-refractivity contribution in [1.82, 2.24) is 4.98 Å². The summed E-state index contributed by atoms with van der Waals surface area (Å²) in [7, 11) is 1.54. The molecule has 1 heterocycles. The van der Waals surface area contributed by atoms with Gasteiger partial charge < -0.3 is 19.0 Å². The third-order valence-electron chi connectivity index (χ3n) is 2.11. The lowest BCUT2D eigenvalue weighted by atomic mass is 10.3. The molecular weight excluding hydrogens is 386 g/mol. The second-order valence-corrected chi connectivity index (χ2v) is 5.03. The van der Waals surface area contributed by atoms with Crippen LogP contribution in [0.3, 0.4) is 0 Å². The average Bonchev–Trinajstić information content (AvgIpc) is 2.82. The molecule has 100 valence electrons. The van der Waals surface area contributed by atoms with Gasteiger partial charge in [-0.15, -0.1) is 0 Å². The van der Waals surface area contributed by atoms with Gasteiger partial charge in [-0.2, -0.15) is 4.98 Å². The highest BCUT2D eigenvalue weighted by Gasteiger charge is 2.15. The number of carbonyl (C=O) groups is 1. The fraction of sp³-hybridized carbons (Fsp3) is 0.0909. The van der Waals surface area contributed by atoms with Crippen LogP contribution in [0.15, 0.2) is 31.8 Å². The van der Waals surface area contributed by atoms with Crippen LogP contribution >= 0.6 is 31.9 Å². The highest BCUT2D eigenvalue weighted by atomic mass is 79.9. The SMILES string of the molecule is COc1cc(Br)c(Oc2nc(C(=O)O)co2)cc1Br. The quantitative estimate of drug-likeness (QED) is 0.854. The van der Waals surface area contributed by atoms with Gasteiger partial charge >= 0.3 is 12.0 Å². The monoisotopic (exact) mass is 391 g/mol. The molecule has 0 aliphatic carbocycles. The second kappa shape index (κ2) is 5.62. The molecule has 0 amide bonds. The van der Waals surface area contributed by atoms with Gasteiger partial charge in [0.1, 0.15) is 17.8 Å². The Hall–Kier alpha value is -1.54. The zero-order valence-corrected chi connectivity index (χ0v) is 12.7. The van der Waals surface area contributed by atoms with Crippen molar-refractivity contribution in [2.75, 3.05) is 7.11 Å². The number of hydrogen-bond acceptors (Lipinski definition) is 5. The molecule has 19 heavy (non-hydrogen) atoms. The molecule has 0 atom stereocenters. The van der Waals surface area contributed by atoms with E-state index in [0.717, 1.165) is 6.26 Å².